The Kier molecular flexibility index (Phi) is 6.76. The molecule has 2 aliphatic rings. The van der Waals surface area contributed by atoms with E-state index in [1.807, 2.05) is 11.8 Å². The standard InChI is InChI=1S/C20H30N2O4S/c1-2-26-18-9-11-19(12-10-18)27(24,25)22-15-7-8-17(16-22)20(23)21-13-5-3-4-6-14-21/h9-12,17H,2-8,13-16H2,1H3/t17-/m1/s1. The summed E-state index contributed by atoms with van der Waals surface area (Å²) in [4.78, 5) is 15.1. The van der Waals surface area contributed by atoms with Crippen LogP contribution in [0.5, 0.6) is 5.75 Å². The molecule has 0 bridgehead atoms. The van der Waals surface area contributed by atoms with Crippen LogP contribution in [0.4, 0.5) is 0 Å². The van der Waals surface area contributed by atoms with Crippen LogP contribution in [0.2, 0.25) is 0 Å². The fourth-order valence-electron chi connectivity index (χ4n) is 3.94. The number of piperidine rings is 1. The van der Waals surface area contributed by atoms with Crippen molar-refractivity contribution in [2.75, 3.05) is 32.8 Å². The lowest BCUT2D eigenvalue weighted by molar-refractivity contribution is -0.136. The van der Waals surface area contributed by atoms with E-state index < -0.39 is 10.0 Å². The van der Waals surface area contributed by atoms with Crippen molar-refractivity contribution in [1.29, 1.82) is 0 Å². The van der Waals surface area contributed by atoms with Gasteiger partial charge in [-0.05, 0) is 56.9 Å². The molecule has 1 aromatic carbocycles. The number of benzene rings is 1. The molecule has 7 heteroatoms. The van der Waals surface area contributed by atoms with E-state index in [1.54, 1.807) is 24.3 Å². The molecule has 0 saturated carbocycles. The first kappa shape index (κ1) is 20.1. The highest BCUT2D eigenvalue weighted by atomic mass is 32.2. The molecule has 1 amide bonds. The molecule has 6 nitrogen and oxygen atoms in total. The van der Waals surface area contributed by atoms with Crippen LogP contribution in [-0.4, -0.2) is 56.3 Å². The average molecular weight is 395 g/mol. The second-order valence-corrected chi connectivity index (χ2v) is 9.28. The van der Waals surface area contributed by atoms with Gasteiger partial charge in [0, 0.05) is 26.2 Å². The van der Waals surface area contributed by atoms with Gasteiger partial charge in [-0.2, -0.15) is 4.31 Å². The van der Waals surface area contributed by atoms with Gasteiger partial charge in [-0.3, -0.25) is 4.79 Å². The summed E-state index contributed by atoms with van der Waals surface area (Å²) in [6.07, 6.45) is 5.93. The van der Waals surface area contributed by atoms with Gasteiger partial charge in [0.15, 0.2) is 0 Å². The fraction of sp³-hybridized carbons (Fsp3) is 0.650. The van der Waals surface area contributed by atoms with Crippen LogP contribution < -0.4 is 4.74 Å². The van der Waals surface area contributed by atoms with Crippen LogP contribution in [0.1, 0.15) is 45.4 Å². The summed E-state index contributed by atoms with van der Waals surface area (Å²) in [6, 6.07) is 6.53. The molecule has 0 radical (unpaired) electrons. The molecule has 0 N–H and O–H groups in total. The first-order valence-electron chi connectivity index (χ1n) is 10.0. The molecule has 0 unspecified atom stereocenters. The van der Waals surface area contributed by atoms with Gasteiger partial charge in [-0.15, -0.1) is 0 Å². The summed E-state index contributed by atoms with van der Waals surface area (Å²) >= 11 is 0. The predicted molar refractivity (Wildman–Crippen MR) is 104 cm³/mol. The van der Waals surface area contributed by atoms with E-state index >= 15 is 0 Å². The van der Waals surface area contributed by atoms with Crippen molar-refractivity contribution >= 4 is 15.9 Å². The minimum atomic E-state index is -3.59. The van der Waals surface area contributed by atoms with E-state index in [0.29, 0.717) is 18.9 Å². The van der Waals surface area contributed by atoms with Crippen molar-refractivity contribution in [3.05, 3.63) is 24.3 Å². The van der Waals surface area contributed by atoms with Crippen LogP contribution in [0.3, 0.4) is 0 Å². The normalized spacial score (nSPS) is 22.3. The van der Waals surface area contributed by atoms with E-state index in [-0.39, 0.29) is 23.3 Å². The molecule has 0 aliphatic carbocycles. The second-order valence-electron chi connectivity index (χ2n) is 7.35. The van der Waals surface area contributed by atoms with Gasteiger partial charge in [0.25, 0.3) is 0 Å². The first-order chi connectivity index (χ1) is 13.0. The molecule has 27 heavy (non-hydrogen) atoms. The third-order valence-electron chi connectivity index (χ3n) is 5.42. The number of amides is 1. The maximum Gasteiger partial charge on any atom is 0.243 e. The minimum absolute atomic E-state index is 0.128. The molecular formula is C20H30N2O4S. The number of likely N-dealkylation sites (tertiary alicyclic amines) is 1. The summed E-state index contributed by atoms with van der Waals surface area (Å²) in [6.45, 7) is 4.80. The predicted octanol–water partition coefficient (Wildman–Crippen LogP) is 2.89. The molecule has 2 heterocycles. The Balaban J connectivity index is 1.69. The molecule has 2 saturated heterocycles. The Morgan fingerprint density at radius 3 is 2.33 bits per heavy atom. The molecule has 2 fully saturated rings. The molecular weight excluding hydrogens is 364 g/mol. The summed E-state index contributed by atoms with van der Waals surface area (Å²) < 4.78 is 32.9. The maximum atomic E-state index is 13.0. The van der Waals surface area contributed by atoms with Crippen molar-refractivity contribution in [3.63, 3.8) is 0 Å². The SMILES string of the molecule is CCOc1ccc(S(=O)(=O)N2CCC[C@@H](C(=O)N3CCCCCC3)C2)cc1. The van der Waals surface area contributed by atoms with Crippen molar-refractivity contribution in [3.8, 4) is 5.75 Å². The Hall–Kier alpha value is -1.60. The van der Waals surface area contributed by atoms with Gasteiger partial charge in [0.2, 0.25) is 15.9 Å². The lowest BCUT2D eigenvalue weighted by Gasteiger charge is -2.34. The van der Waals surface area contributed by atoms with Gasteiger partial charge in [0.1, 0.15) is 5.75 Å². The van der Waals surface area contributed by atoms with Gasteiger partial charge >= 0.3 is 0 Å². The number of sulfonamides is 1. The number of rotatable bonds is 5. The van der Waals surface area contributed by atoms with E-state index in [4.69, 9.17) is 4.74 Å². The topological polar surface area (TPSA) is 66.9 Å². The van der Waals surface area contributed by atoms with E-state index in [0.717, 1.165) is 38.8 Å². The van der Waals surface area contributed by atoms with Gasteiger partial charge in [-0.1, -0.05) is 12.8 Å². The molecule has 2 aliphatic heterocycles. The van der Waals surface area contributed by atoms with Crippen molar-refractivity contribution in [2.24, 2.45) is 5.92 Å². The Bertz CT molecular complexity index is 725. The largest absolute Gasteiger partial charge is 0.494 e. The van der Waals surface area contributed by atoms with Gasteiger partial charge < -0.3 is 9.64 Å². The molecule has 1 aromatic rings. The van der Waals surface area contributed by atoms with Crippen LogP contribution in [0.15, 0.2) is 29.2 Å². The molecule has 0 spiro atoms. The number of hydrogen-bond donors (Lipinski definition) is 0. The Labute approximate surface area is 162 Å². The number of carbonyl (C=O) groups excluding carboxylic acids is 1. The minimum Gasteiger partial charge on any atom is -0.494 e. The lowest BCUT2D eigenvalue weighted by atomic mass is 9.98. The van der Waals surface area contributed by atoms with Crippen LogP contribution in [0.25, 0.3) is 0 Å². The van der Waals surface area contributed by atoms with Crippen LogP contribution in [-0.2, 0) is 14.8 Å². The summed E-state index contributed by atoms with van der Waals surface area (Å²) in [5.74, 6) is 0.558. The molecule has 0 aromatic heterocycles. The number of nitrogens with zero attached hydrogens (tertiary/aromatic N) is 2. The zero-order valence-corrected chi connectivity index (χ0v) is 16.9. The molecule has 3 rings (SSSR count). The van der Waals surface area contributed by atoms with Gasteiger partial charge in [-0.25, -0.2) is 8.42 Å². The second kappa shape index (κ2) is 9.06. The zero-order chi connectivity index (χ0) is 19.3. The van der Waals surface area contributed by atoms with E-state index in [9.17, 15) is 13.2 Å². The summed E-state index contributed by atoms with van der Waals surface area (Å²) in [5.41, 5.74) is 0. The van der Waals surface area contributed by atoms with Crippen molar-refractivity contribution in [2.45, 2.75) is 50.3 Å². The molecule has 150 valence electrons. The average Bonchev–Trinajstić information content (AvgIpc) is 2.98. The van der Waals surface area contributed by atoms with E-state index in [1.165, 1.54) is 17.1 Å². The van der Waals surface area contributed by atoms with E-state index in [2.05, 4.69) is 0 Å². The van der Waals surface area contributed by atoms with Crippen LogP contribution >= 0.6 is 0 Å². The first-order valence-corrected chi connectivity index (χ1v) is 11.5. The zero-order valence-electron chi connectivity index (χ0n) is 16.1. The highest BCUT2D eigenvalue weighted by Crippen LogP contribution is 2.27. The van der Waals surface area contributed by atoms with Crippen LogP contribution in [0, 0.1) is 5.92 Å². The molecule has 1 atom stereocenters. The maximum absolute atomic E-state index is 13.0. The van der Waals surface area contributed by atoms with Crippen molar-refractivity contribution in [1.82, 2.24) is 9.21 Å². The number of ether oxygens (including phenoxy) is 1. The Morgan fingerprint density at radius 1 is 1.04 bits per heavy atom. The quantitative estimate of drug-likeness (QED) is 0.770. The van der Waals surface area contributed by atoms with Crippen molar-refractivity contribution < 1.29 is 17.9 Å². The fourth-order valence-corrected chi connectivity index (χ4v) is 5.46. The summed E-state index contributed by atoms with van der Waals surface area (Å²) in [5, 5.41) is 0. The number of hydrogen-bond acceptors (Lipinski definition) is 4. The third kappa shape index (κ3) is 4.82. The lowest BCUT2D eigenvalue weighted by Crippen LogP contribution is -2.46. The monoisotopic (exact) mass is 394 g/mol. The third-order valence-corrected chi connectivity index (χ3v) is 7.30. The smallest absolute Gasteiger partial charge is 0.243 e. The number of carbonyl (C=O) groups is 1. The highest BCUT2D eigenvalue weighted by molar-refractivity contribution is 7.89. The van der Waals surface area contributed by atoms with Gasteiger partial charge in [0.05, 0.1) is 17.4 Å². The summed E-state index contributed by atoms with van der Waals surface area (Å²) in [7, 11) is -3.59. The Morgan fingerprint density at radius 2 is 1.70 bits per heavy atom. The highest BCUT2D eigenvalue weighted by Gasteiger charge is 2.35.